The minimum absolute atomic E-state index is 0.185. The summed E-state index contributed by atoms with van der Waals surface area (Å²) in [5.41, 5.74) is 5.33. The quantitative estimate of drug-likeness (QED) is 0.626. The number of ether oxygens (including phenoxy) is 1. The number of carboxylic acid groups (broad SMARTS) is 1. The van der Waals surface area contributed by atoms with Crippen molar-refractivity contribution in [2.24, 2.45) is 5.92 Å². The second kappa shape index (κ2) is 9.13. The number of carbonyl (C=O) groups is 1. The highest BCUT2D eigenvalue weighted by Crippen LogP contribution is 2.36. The molecule has 0 spiro atoms. The molecule has 0 aliphatic heterocycles. The molecule has 0 saturated carbocycles. The number of anilines is 1. The molecule has 130 valence electrons. The van der Waals surface area contributed by atoms with Crippen LogP contribution in [0.1, 0.15) is 46.0 Å². The first-order valence-corrected chi connectivity index (χ1v) is 8.26. The zero-order chi connectivity index (χ0) is 17.6. The van der Waals surface area contributed by atoms with Crippen molar-refractivity contribution in [1.82, 2.24) is 4.98 Å². The molecule has 5 nitrogen and oxygen atoms in total. The van der Waals surface area contributed by atoms with E-state index in [1.807, 2.05) is 6.92 Å². The molecule has 0 amide bonds. The minimum Gasteiger partial charge on any atom is -0.479 e. The fourth-order valence-electron chi connectivity index (χ4n) is 2.21. The van der Waals surface area contributed by atoms with Gasteiger partial charge in [0.1, 0.15) is 10.0 Å². The first-order chi connectivity index (χ1) is 10.8. The first-order valence-electron chi connectivity index (χ1n) is 7.51. The average Bonchev–Trinajstić information content (AvgIpc) is 2.52. The molecule has 0 fully saturated rings. The highest BCUT2D eigenvalue weighted by molar-refractivity contribution is 6.39. The molecule has 2 atom stereocenters. The predicted molar refractivity (Wildman–Crippen MR) is 88.6 cm³/mol. The van der Waals surface area contributed by atoms with Gasteiger partial charge >= 0.3 is 5.97 Å². The van der Waals surface area contributed by atoms with Gasteiger partial charge in [0.05, 0.1) is 5.69 Å². The van der Waals surface area contributed by atoms with Crippen molar-refractivity contribution in [3.05, 3.63) is 16.0 Å². The number of hydrogen-bond acceptors (Lipinski definition) is 4. The molecule has 0 aliphatic rings. The Bertz CT molecular complexity index is 558. The number of nitrogens with two attached hydrogens (primary N) is 1. The van der Waals surface area contributed by atoms with Crippen LogP contribution in [0, 0.1) is 11.9 Å². The molecule has 8 heteroatoms. The average molecular weight is 367 g/mol. The fourth-order valence-corrected chi connectivity index (χ4v) is 2.57. The Morgan fingerprint density at radius 3 is 2.57 bits per heavy atom. The summed E-state index contributed by atoms with van der Waals surface area (Å²) in [5.74, 6) is -2.38. The number of aliphatic carboxylic acids is 1. The number of halogens is 3. The third-order valence-corrected chi connectivity index (χ3v) is 4.39. The van der Waals surface area contributed by atoms with Crippen LogP contribution in [0.5, 0.6) is 5.88 Å². The Morgan fingerprint density at radius 2 is 2.04 bits per heavy atom. The van der Waals surface area contributed by atoms with Crippen LogP contribution < -0.4 is 10.5 Å². The molecule has 1 aromatic rings. The van der Waals surface area contributed by atoms with Crippen molar-refractivity contribution in [2.45, 2.75) is 52.1 Å². The van der Waals surface area contributed by atoms with Crippen LogP contribution in [0.4, 0.5) is 10.1 Å². The second-order valence-corrected chi connectivity index (χ2v) is 6.10. The van der Waals surface area contributed by atoms with Gasteiger partial charge < -0.3 is 15.6 Å². The normalized spacial score (nSPS) is 13.6. The number of carboxylic acids is 1. The lowest BCUT2D eigenvalue weighted by atomic mass is 9.93. The molecule has 1 aromatic heterocycles. The van der Waals surface area contributed by atoms with Crippen molar-refractivity contribution in [2.75, 3.05) is 5.73 Å². The van der Waals surface area contributed by atoms with E-state index in [0.29, 0.717) is 0 Å². The van der Waals surface area contributed by atoms with E-state index in [4.69, 9.17) is 33.7 Å². The van der Waals surface area contributed by atoms with Crippen LogP contribution in [-0.2, 0) is 4.79 Å². The van der Waals surface area contributed by atoms with Crippen molar-refractivity contribution in [3.63, 3.8) is 0 Å². The van der Waals surface area contributed by atoms with E-state index in [1.165, 1.54) is 0 Å². The number of unbranched alkanes of at least 4 members (excludes halogenated alkanes) is 1. The van der Waals surface area contributed by atoms with Crippen molar-refractivity contribution in [1.29, 1.82) is 0 Å². The molecule has 0 bridgehead atoms. The number of nitrogens with zero attached hydrogens (tertiary/aromatic N) is 1. The second-order valence-electron chi connectivity index (χ2n) is 5.35. The minimum atomic E-state index is -1.18. The Morgan fingerprint density at radius 1 is 1.39 bits per heavy atom. The summed E-state index contributed by atoms with van der Waals surface area (Å²) >= 11 is 11.5. The molecule has 2 unspecified atom stereocenters. The zero-order valence-electron chi connectivity index (χ0n) is 13.1. The van der Waals surface area contributed by atoms with E-state index in [2.05, 4.69) is 11.9 Å². The van der Waals surface area contributed by atoms with Gasteiger partial charge in [0.2, 0.25) is 11.8 Å². The van der Waals surface area contributed by atoms with Crippen LogP contribution in [0.25, 0.3) is 0 Å². The Labute approximate surface area is 144 Å². The predicted octanol–water partition coefficient (Wildman–Crippen LogP) is 4.55. The molecule has 23 heavy (non-hydrogen) atoms. The molecule has 3 N–H and O–H groups in total. The summed E-state index contributed by atoms with van der Waals surface area (Å²) in [6.45, 7) is 4.06. The van der Waals surface area contributed by atoms with Gasteiger partial charge in [-0.2, -0.15) is 9.37 Å². The Kier molecular flexibility index (Phi) is 7.85. The molecule has 0 aliphatic carbocycles. The monoisotopic (exact) mass is 366 g/mol. The lowest BCUT2D eigenvalue weighted by Gasteiger charge is -2.21. The molecule has 1 heterocycles. The fraction of sp³-hybridized carbons (Fsp3) is 0.600. The maximum absolute atomic E-state index is 13.6. The largest absolute Gasteiger partial charge is 0.479 e. The van der Waals surface area contributed by atoms with E-state index in [9.17, 15) is 14.3 Å². The highest BCUT2D eigenvalue weighted by Gasteiger charge is 2.26. The van der Waals surface area contributed by atoms with Gasteiger partial charge in [-0.15, -0.1) is 0 Å². The van der Waals surface area contributed by atoms with E-state index >= 15 is 0 Å². The van der Waals surface area contributed by atoms with Crippen molar-refractivity contribution in [3.8, 4) is 5.88 Å². The third kappa shape index (κ3) is 5.39. The summed E-state index contributed by atoms with van der Waals surface area (Å²) in [4.78, 5) is 14.9. The van der Waals surface area contributed by atoms with Gasteiger partial charge in [-0.1, -0.05) is 62.7 Å². The summed E-state index contributed by atoms with van der Waals surface area (Å²) < 4.78 is 18.9. The van der Waals surface area contributed by atoms with Crippen molar-refractivity contribution < 1.29 is 19.0 Å². The number of rotatable bonds is 9. The molecule has 1 rings (SSSR count). The third-order valence-electron chi connectivity index (χ3n) is 3.66. The maximum Gasteiger partial charge on any atom is 0.344 e. The number of hydrogen-bond donors (Lipinski definition) is 2. The summed E-state index contributed by atoms with van der Waals surface area (Å²) in [5, 5.41) is 8.74. The SMILES string of the molecule is CCCCC(CC)CC(Oc1nc(F)c(Cl)c(N)c1Cl)C(=O)O. The lowest BCUT2D eigenvalue weighted by molar-refractivity contribution is -0.146. The van der Waals surface area contributed by atoms with E-state index in [1.54, 1.807) is 0 Å². The van der Waals surface area contributed by atoms with Gasteiger partial charge in [0.15, 0.2) is 6.10 Å². The molecular weight excluding hydrogens is 346 g/mol. The molecule has 0 radical (unpaired) electrons. The van der Waals surface area contributed by atoms with Crippen LogP contribution in [0.2, 0.25) is 10.0 Å². The summed E-state index contributed by atoms with van der Waals surface area (Å²) in [6, 6.07) is 0. The van der Waals surface area contributed by atoms with Crippen LogP contribution in [-0.4, -0.2) is 22.2 Å². The van der Waals surface area contributed by atoms with Crippen molar-refractivity contribution >= 4 is 34.9 Å². The molecule has 0 saturated heterocycles. The maximum atomic E-state index is 13.6. The number of nitrogen functional groups attached to an aromatic ring is 1. The number of pyridine rings is 1. The van der Waals surface area contributed by atoms with Gasteiger partial charge in [-0.05, 0) is 12.3 Å². The van der Waals surface area contributed by atoms with Crippen LogP contribution in [0.3, 0.4) is 0 Å². The van der Waals surface area contributed by atoms with E-state index < -0.39 is 23.0 Å². The smallest absolute Gasteiger partial charge is 0.344 e. The van der Waals surface area contributed by atoms with Gasteiger partial charge in [-0.25, -0.2) is 4.79 Å². The van der Waals surface area contributed by atoms with Gasteiger partial charge in [0, 0.05) is 0 Å². The molecule has 0 aromatic carbocycles. The number of aromatic nitrogens is 1. The standard InChI is InChI=1S/C15H21Cl2FN2O3/c1-3-5-6-8(4-2)7-9(15(21)22)23-14-11(17)12(19)10(16)13(18)20-14/h8-9H,3-7H2,1-2H3,(H2,19,20)(H,21,22). The van der Waals surface area contributed by atoms with Gasteiger partial charge in [0.25, 0.3) is 0 Å². The topological polar surface area (TPSA) is 85.4 Å². The zero-order valence-corrected chi connectivity index (χ0v) is 14.6. The summed E-state index contributed by atoms with van der Waals surface area (Å²) in [7, 11) is 0. The Hall–Kier alpha value is -1.27. The van der Waals surface area contributed by atoms with Gasteiger partial charge in [-0.3, -0.25) is 0 Å². The first kappa shape index (κ1) is 19.8. The lowest BCUT2D eigenvalue weighted by Crippen LogP contribution is -2.30. The summed E-state index contributed by atoms with van der Waals surface area (Å²) in [6.07, 6.45) is 2.87. The van der Waals surface area contributed by atoms with E-state index in [-0.39, 0.29) is 28.9 Å². The van der Waals surface area contributed by atoms with E-state index in [0.717, 1.165) is 25.7 Å². The van der Waals surface area contributed by atoms with Crippen LogP contribution in [0.15, 0.2) is 0 Å². The van der Waals surface area contributed by atoms with Crippen LogP contribution >= 0.6 is 23.2 Å². The molecular formula is C15H21Cl2FN2O3. The Balaban J connectivity index is 2.94. The highest BCUT2D eigenvalue weighted by atomic mass is 35.5.